The van der Waals surface area contributed by atoms with Crippen LogP contribution in [0.1, 0.15) is 19.5 Å². The average molecular weight is 280 g/mol. The quantitative estimate of drug-likeness (QED) is 0.926. The highest BCUT2D eigenvalue weighted by molar-refractivity contribution is 7.15. The lowest BCUT2D eigenvalue weighted by atomic mass is 10.1. The molecule has 5 nitrogen and oxygen atoms in total. The van der Waals surface area contributed by atoms with Crippen LogP contribution in [0, 0.1) is 0 Å². The molecule has 0 aromatic carbocycles. The number of morpholine rings is 1. The van der Waals surface area contributed by atoms with Gasteiger partial charge in [-0.25, -0.2) is 4.98 Å². The molecule has 2 atom stereocenters. The monoisotopic (exact) mass is 280 g/mol. The van der Waals surface area contributed by atoms with Gasteiger partial charge in [0.1, 0.15) is 0 Å². The molecule has 0 saturated carbocycles. The highest BCUT2D eigenvalue weighted by Crippen LogP contribution is 2.28. The summed E-state index contributed by atoms with van der Waals surface area (Å²) in [6.45, 7) is 6.66. The predicted molar refractivity (Wildman–Crippen MR) is 78.0 cm³/mol. The third-order valence-electron chi connectivity index (χ3n) is 3.49. The van der Waals surface area contributed by atoms with Gasteiger partial charge < -0.3 is 15.4 Å². The SMILES string of the molecule is CC(N)Cc1c(N2CCOCC2C)nc2sccn12. The molecule has 1 saturated heterocycles. The molecule has 0 amide bonds. The second-order valence-electron chi connectivity index (χ2n) is 5.24. The second-order valence-corrected chi connectivity index (χ2v) is 6.11. The number of hydrogen-bond donors (Lipinski definition) is 1. The van der Waals surface area contributed by atoms with Crippen LogP contribution in [0.3, 0.4) is 0 Å². The molecule has 104 valence electrons. The van der Waals surface area contributed by atoms with Gasteiger partial charge in [-0.15, -0.1) is 11.3 Å². The van der Waals surface area contributed by atoms with Crippen LogP contribution in [0.2, 0.25) is 0 Å². The van der Waals surface area contributed by atoms with E-state index in [-0.39, 0.29) is 6.04 Å². The molecule has 2 N–H and O–H groups in total. The van der Waals surface area contributed by atoms with Gasteiger partial charge >= 0.3 is 0 Å². The summed E-state index contributed by atoms with van der Waals surface area (Å²) in [6.07, 6.45) is 2.93. The average Bonchev–Trinajstić information content (AvgIpc) is 2.92. The Morgan fingerprint density at radius 3 is 3.21 bits per heavy atom. The van der Waals surface area contributed by atoms with Gasteiger partial charge in [-0.05, 0) is 13.8 Å². The van der Waals surface area contributed by atoms with E-state index in [0.29, 0.717) is 6.04 Å². The van der Waals surface area contributed by atoms with E-state index < -0.39 is 0 Å². The third-order valence-corrected chi connectivity index (χ3v) is 4.25. The first-order chi connectivity index (χ1) is 9.16. The van der Waals surface area contributed by atoms with Crippen molar-refractivity contribution in [2.75, 3.05) is 24.7 Å². The summed E-state index contributed by atoms with van der Waals surface area (Å²) >= 11 is 1.67. The molecule has 3 heterocycles. The van der Waals surface area contributed by atoms with Gasteiger partial charge in [0.25, 0.3) is 0 Å². The molecule has 0 spiro atoms. The zero-order chi connectivity index (χ0) is 13.4. The van der Waals surface area contributed by atoms with Crippen molar-refractivity contribution in [3.8, 4) is 0 Å². The number of nitrogens with zero attached hydrogens (tertiary/aromatic N) is 3. The third kappa shape index (κ3) is 2.35. The Kier molecular flexibility index (Phi) is 3.47. The predicted octanol–water partition coefficient (Wildman–Crippen LogP) is 1.51. The topological polar surface area (TPSA) is 55.8 Å². The number of imidazole rings is 1. The number of fused-ring (bicyclic) bond motifs is 1. The van der Waals surface area contributed by atoms with Crippen LogP contribution in [0.4, 0.5) is 5.82 Å². The summed E-state index contributed by atoms with van der Waals surface area (Å²) < 4.78 is 7.68. The minimum absolute atomic E-state index is 0.134. The highest BCUT2D eigenvalue weighted by atomic mass is 32.1. The van der Waals surface area contributed by atoms with Gasteiger partial charge in [-0.3, -0.25) is 4.40 Å². The molecular formula is C13H20N4OS. The van der Waals surface area contributed by atoms with Crippen molar-refractivity contribution in [3.05, 3.63) is 17.3 Å². The molecule has 2 unspecified atom stereocenters. The number of nitrogens with two attached hydrogens (primary N) is 1. The van der Waals surface area contributed by atoms with Crippen LogP contribution in [-0.4, -0.2) is 41.2 Å². The molecule has 1 fully saturated rings. The van der Waals surface area contributed by atoms with Gasteiger partial charge in [0, 0.05) is 30.6 Å². The van der Waals surface area contributed by atoms with Crippen molar-refractivity contribution in [2.45, 2.75) is 32.4 Å². The van der Waals surface area contributed by atoms with Crippen molar-refractivity contribution in [1.29, 1.82) is 0 Å². The fourth-order valence-electron chi connectivity index (χ4n) is 2.59. The molecule has 0 radical (unpaired) electrons. The Hall–Kier alpha value is -1.11. The fraction of sp³-hybridized carbons (Fsp3) is 0.615. The highest BCUT2D eigenvalue weighted by Gasteiger charge is 2.25. The van der Waals surface area contributed by atoms with Crippen LogP contribution in [0.15, 0.2) is 11.6 Å². The number of rotatable bonds is 3. The first-order valence-electron chi connectivity index (χ1n) is 6.71. The summed E-state index contributed by atoms with van der Waals surface area (Å²) in [5.41, 5.74) is 7.22. The van der Waals surface area contributed by atoms with Crippen molar-refractivity contribution < 1.29 is 4.74 Å². The number of thiazole rings is 1. The van der Waals surface area contributed by atoms with E-state index in [1.54, 1.807) is 11.3 Å². The summed E-state index contributed by atoms with van der Waals surface area (Å²) in [6, 6.07) is 0.500. The van der Waals surface area contributed by atoms with Crippen LogP contribution >= 0.6 is 11.3 Å². The van der Waals surface area contributed by atoms with E-state index >= 15 is 0 Å². The van der Waals surface area contributed by atoms with Gasteiger partial charge in [0.2, 0.25) is 0 Å². The molecule has 0 aliphatic carbocycles. The second kappa shape index (κ2) is 5.11. The van der Waals surface area contributed by atoms with Crippen molar-refractivity contribution >= 4 is 22.1 Å². The molecule has 6 heteroatoms. The molecule has 19 heavy (non-hydrogen) atoms. The Bertz CT molecular complexity index is 562. The maximum absolute atomic E-state index is 6.00. The molecular weight excluding hydrogens is 260 g/mol. The smallest absolute Gasteiger partial charge is 0.195 e. The van der Waals surface area contributed by atoms with Crippen LogP contribution in [-0.2, 0) is 11.2 Å². The first kappa shape index (κ1) is 12.9. The Balaban J connectivity index is 2.03. The Morgan fingerprint density at radius 1 is 1.63 bits per heavy atom. The van der Waals surface area contributed by atoms with Gasteiger partial charge in [-0.1, -0.05) is 0 Å². The summed E-state index contributed by atoms with van der Waals surface area (Å²) in [7, 11) is 0. The first-order valence-corrected chi connectivity index (χ1v) is 7.59. The van der Waals surface area contributed by atoms with Crippen LogP contribution in [0.25, 0.3) is 4.96 Å². The van der Waals surface area contributed by atoms with E-state index in [4.69, 9.17) is 15.5 Å². The standard InChI is InChI=1S/C13H20N4OS/c1-9(14)7-11-12(15-13-17(11)4-6-19-13)16-3-5-18-8-10(16)2/h4,6,9-10H,3,5,7-8,14H2,1-2H3. The van der Waals surface area contributed by atoms with Crippen LogP contribution in [0.5, 0.6) is 0 Å². The van der Waals surface area contributed by atoms with Crippen molar-refractivity contribution in [3.63, 3.8) is 0 Å². The number of hydrogen-bond acceptors (Lipinski definition) is 5. The minimum Gasteiger partial charge on any atom is -0.377 e. The molecule has 0 bridgehead atoms. The minimum atomic E-state index is 0.134. The molecule has 1 aliphatic rings. The maximum atomic E-state index is 6.00. The molecule has 1 aliphatic heterocycles. The van der Waals surface area contributed by atoms with Gasteiger partial charge in [-0.2, -0.15) is 0 Å². The fourth-order valence-corrected chi connectivity index (χ4v) is 3.32. The lowest BCUT2D eigenvalue weighted by Crippen LogP contribution is -2.44. The van der Waals surface area contributed by atoms with E-state index in [0.717, 1.165) is 37.0 Å². The molecule has 3 rings (SSSR count). The van der Waals surface area contributed by atoms with E-state index in [1.807, 2.05) is 6.92 Å². The number of ether oxygens (including phenoxy) is 1. The zero-order valence-corrected chi connectivity index (χ0v) is 12.2. The van der Waals surface area contributed by atoms with Crippen molar-refractivity contribution in [1.82, 2.24) is 9.38 Å². The summed E-state index contributed by atoms with van der Waals surface area (Å²) in [5, 5.41) is 2.07. The summed E-state index contributed by atoms with van der Waals surface area (Å²) in [4.78, 5) is 8.19. The van der Waals surface area contributed by atoms with Crippen LogP contribution < -0.4 is 10.6 Å². The zero-order valence-electron chi connectivity index (χ0n) is 11.4. The lowest BCUT2D eigenvalue weighted by molar-refractivity contribution is 0.0985. The largest absolute Gasteiger partial charge is 0.377 e. The number of anilines is 1. The lowest BCUT2D eigenvalue weighted by Gasteiger charge is -2.34. The summed E-state index contributed by atoms with van der Waals surface area (Å²) in [5.74, 6) is 1.08. The van der Waals surface area contributed by atoms with E-state index in [1.165, 1.54) is 5.69 Å². The van der Waals surface area contributed by atoms with Gasteiger partial charge in [0.05, 0.1) is 24.9 Å². The Labute approximate surface area is 117 Å². The van der Waals surface area contributed by atoms with Crippen molar-refractivity contribution in [2.24, 2.45) is 5.73 Å². The van der Waals surface area contributed by atoms with E-state index in [9.17, 15) is 0 Å². The normalized spacial score (nSPS) is 22.1. The van der Waals surface area contributed by atoms with Gasteiger partial charge in [0.15, 0.2) is 10.8 Å². The number of aromatic nitrogens is 2. The molecule has 2 aromatic heterocycles. The Morgan fingerprint density at radius 2 is 2.47 bits per heavy atom. The van der Waals surface area contributed by atoms with E-state index in [2.05, 4.69) is 27.8 Å². The molecule has 2 aromatic rings. The maximum Gasteiger partial charge on any atom is 0.195 e.